The fraction of sp³-hybridized carbons (Fsp3) is 0.500. The first-order chi connectivity index (χ1) is 7.74. The first kappa shape index (κ1) is 11.5. The molecule has 2 rings (SSSR count). The molecular formula is C12H17N3S. The minimum atomic E-state index is 0.498. The highest BCUT2D eigenvalue weighted by Gasteiger charge is 2.10. The zero-order valence-electron chi connectivity index (χ0n) is 9.68. The molecule has 1 N–H and O–H groups in total. The normalized spacial score (nSPS) is 15.9. The molecule has 0 aromatic carbocycles. The average molecular weight is 235 g/mol. The Morgan fingerprint density at radius 2 is 2.00 bits per heavy atom. The number of nitrogens with one attached hydrogen (secondary N) is 1. The second-order valence-corrected chi connectivity index (χ2v) is 5.80. The maximum absolute atomic E-state index is 4.19. The van der Waals surface area contributed by atoms with Crippen molar-refractivity contribution in [1.82, 2.24) is 10.2 Å². The van der Waals surface area contributed by atoms with Crippen molar-refractivity contribution >= 4 is 17.6 Å². The Morgan fingerprint density at radius 1 is 1.25 bits per heavy atom. The molecular weight excluding hydrogens is 218 g/mol. The van der Waals surface area contributed by atoms with Crippen molar-refractivity contribution in [2.75, 3.05) is 5.32 Å². The lowest BCUT2D eigenvalue weighted by Gasteiger charge is -2.12. The third kappa shape index (κ3) is 3.23. The molecule has 4 heteroatoms. The number of aromatic nitrogens is 2. The molecule has 0 saturated heterocycles. The predicted octanol–water partition coefficient (Wildman–Crippen LogP) is 3.11. The van der Waals surface area contributed by atoms with E-state index in [4.69, 9.17) is 0 Å². The van der Waals surface area contributed by atoms with Crippen LogP contribution < -0.4 is 5.32 Å². The number of anilines is 1. The number of rotatable bonds is 4. The molecule has 1 aliphatic carbocycles. The Balaban J connectivity index is 1.91. The topological polar surface area (TPSA) is 37.8 Å². The van der Waals surface area contributed by atoms with Gasteiger partial charge in [-0.2, -0.15) is 0 Å². The van der Waals surface area contributed by atoms with Gasteiger partial charge >= 0.3 is 0 Å². The molecule has 1 aliphatic rings. The molecule has 1 aromatic rings. The molecule has 0 bridgehead atoms. The van der Waals surface area contributed by atoms with E-state index in [0.29, 0.717) is 11.3 Å². The van der Waals surface area contributed by atoms with E-state index >= 15 is 0 Å². The van der Waals surface area contributed by atoms with Crippen LogP contribution in [0.1, 0.15) is 26.7 Å². The van der Waals surface area contributed by atoms with E-state index in [1.807, 2.05) is 12.1 Å². The van der Waals surface area contributed by atoms with Crippen LogP contribution in [0.4, 0.5) is 5.82 Å². The Morgan fingerprint density at radius 3 is 2.56 bits per heavy atom. The third-order valence-corrected chi connectivity index (χ3v) is 3.29. The number of nitrogens with zero attached hydrogens (tertiary/aromatic N) is 2. The van der Waals surface area contributed by atoms with Crippen molar-refractivity contribution in [3.8, 4) is 0 Å². The highest BCUT2D eigenvalue weighted by molar-refractivity contribution is 7.99. The quantitative estimate of drug-likeness (QED) is 0.643. The molecule has 86 valence electrons. The smallest absolute Gasteiger partial charge is 0.148 e. The molecule has 16 heavy (non-hydrogen) atoms. The Bertz CT molecular complexity index is 351. The van der Waals surface area contributed by atoms with Gasteiger partial charge in [-0.3, -0.25) is 0 Å². The zero-order valence-corrected chi connectivity index (χ0v) is 10.5. The summed E-state index contributed by atoms with van der Waals surface area (Å²) in [5.74, 6) is 0.877. The van der Waals surface area contributed by atoms with E-state index in [1.54, 1.807) is 11.8 Å². The molecule has 0 fully saturated rings. The summed E-state index contributed by atoms with van der Waals surface area (Å²) < 4.78 is 0. The summed E-state index contributed by atoms with van der Waals surface area (Å²) in [5.41, 5.74) is 0. The maximum atomic E-state index is 4.19. The molecule has 0 radical (unpaired) electrons. The van der Waals surface area contributed by atoms with Gasteiger partial charge in [-0.25, -0.2) is 0 Å². The van der Waals surface area contributed by atoms with Crippen LogP contribution in [0.2, 0.25) is 0 Å². The van der Waals surface area contributed by atoms with Gasteiger partial charge in [-0.05, 0) is 25.0 Å². The van der Waals surface area contributed by atoms with Crippen LogP contribution in [0.25, 0.3) is 0 Å². The predicted molar refractivity (Wildman–Crippen MR) is 68.8 cm³/mol. The minimum Gasteiger partial charge on any atom is -0.365 e. The van der Waals surface area contributed by atoms with Crippen LogP contribution in [0.3, 0.4) is 0 Å². The maximum Gasteiger partial charge on any atom is 0.148 e. The lowest BCUT2D eigenvalue weighted by atomic mass is 10.2. The van der Waals surface area contributed by atoms with Crippen molar-refractivity contribution in [1.29, 1.82) is 0 Å². The van der Waals surface area contributed by atoms with Crippen LogP contribution in [0.15, 0.2) is 29.3 Å². The van der Waals surface area contributed by atoms with Gasteiger partial charge in [0.2, 0.25) is 0 Å². The monoisotopic (exact) mass is 235 g/mol. The first-order valence-electron chi connectivity index (χ1n) is 5.66. The summed E-state index contributed by atoms with van der Waals surface area (Å²) in [4.78, 5) is 0. The second kappa shape index (κ2) is 5.34. The largest absolute Gasteiger partial charge is 0.365 e. The van der Waals surface area contributed by atoms with Gasteiger partial charge in [0.15, 0.2) is 0 Å². The van der Waals surface area contributed by atoms with Gasteiger partial charge in [0, 0.05) is 11.3 Å². The van der Waals surface area contributed by atoms with Crippen LogP contribution in [-0.2, 0) is 0 Å². The first-order valence-corrected chi connectivity index (χ1v) is 6.54. The van der Waals surface area contributed by atoms with Crippen molar-refractivity contribution < 1.29 is 0 Å². The van der Waals surface area contributed by atoms with E-state index in [9.17, 15) is 0 Å². The zero-order chi connectivity index (χ0) is 11.4. The van der Waals surface area contributed by atoms with Crippen molar-refractivity contribution in [3.63, 3.8) is 0 Å². The van der Waals surface area contributed by atoms with Crippen LogP contribution in [-0.4, -0.2) is 21.5 Å². The van der Waals surface area contributed by atoms with E-state index in [0.717, 1.165) is 23.7 Å². The minimum absolute atomic E-state index is 0.498. The van der Waals surface area contributed by atoms with E-state index in [-0.39, 0.29) is 0 Å². The number of hydrogen-bond donors (Lipinski definition) is 1. The number of hydrogen-bond acceptors (Lipinski definition) is 4. The molecule has 3 nitrogen and oxygen atoms in total. The SMILES string of the molecule is CC(C)Sc1ccc(NC2CC=CC2)nn1. The van der Waals surface area contributed by atoms with Gasteiger partial charge in [-0.15, -0.1) is 22.0 Å². The van der Waals surface area contributed by atoms with Crippen LogP contribution in [0.5, 0.6) is 0 Å². The lowest BCUT2D eigenvalue weighted by Crippen LogP contribution is -2.16. The van der Waals surface area contributed by atoms with E-state index in [1.165, 1.54) is 0 Å². The molecule has 0 unspecified atom stereocenters. The summed E-state index contributed by atoms with van der Waals surface area (Å²) in [6.45, 7) is 4.31. The highest BCUT2D eigenvalue weighted by atomic mass is 32.2. The Hall–Kier alpha value is -1.03. The third-order valence-electron chi connectivity index (χ3n) is 2.36. The molecule has 0 atom stereocenters. The summed E-state index contributed by atoms with van der Waals surface area (Å²) in [6, 6.07) is 4.54. The molecule has 0 amide bonds. The van der Waals surface area contributed by atoms with Crippen molar-refractivity contribution in [3.05, 3.63) is 24.3 Å². The van der Waals surface area contributed by atoms with Gasteiger partial charge in [0.1, 0.15) is 10.8 Å². The van der Waals surface area contributed by atoms with Gasteiger partial charge in [-0.1, -0.05) is 26.0 Å². The van der Waals surface area contributed by atoms with Crippen LogP contribution in [0, 0.1) is 0 Å². The molecule has 0 saturated carbocycles. The summed E-state index contributed by atoms with van der Waals surface area (Å²) in [6.07, 6.45) is 6.58. The fourth-order valence-electron chi connectivity index (χ4n) is 1.65. The van der Waals surface area contributed by atoms with E-state index in [2.05, 4.69) is 41.5 Å². The molecule has 1 aromatic heterocycles. The van der Waals surface area contributed by atoms with Crippen molar-refractivity contribution in [2.45, 2.75) is 43.0 Å². The summed E-state index contributed by atoms with van der Waals surface area (Å²) in [5, 5.41) is 13.3. The standard InChI is InChI=1S/C12H17N3S/c1-9(2)16-12-8-7-11(14-15-12)13-10-5-3-4-6-10/h3-4,7-10H,5-6H2,1-2H3,(H,13,14). The van der Waals surface area contributed by atoms with Crippen LogP contribution >= 0.6 is 11.8 Å². The van der Waals surface area contributed by atoms with Gasteiger partial charge in [0.05, 0.1) is 0 Å². The number of thioether (sulfide) groups is 1. The fourth-order valence-corrected chi connectivity index (χ4v) is 2.36. The Labute approximate surface area is 101 Å². The molecule has 0 aliphatic heterocycles. The molecule has 1 heterocycles. The lowest BCUT2D eigenvalue weighted by molar-refractivity contribution is 0.770. The summed E-state index contributed by atoms with van der Waals surface area (Å²) in [7, 11) is 0. The Kier molecular flexibility index (Phi) is 3.83. The molecule has 0 spiro atoms. The summed E-state index contributed by atoms with van der Waals surface area (Å²) >= 11 is 1.74. The average Bonchev–Trinajstić information content (AvgIpc) is 2.73. The second-order valence-electron chi connectivity index (χ2n) is 4.21. The van der Waals surface area contributed by atoms with Crippen molar-refractivity contribution in [2.24, 2.45) is 0 Å². The van der Waals surface area contributed by atoms with E-state index < -0.39 is 0 Å². The van der Waals surface area contributed by atoms with Gasteiger partial charge in [0.25, 0.3) is 0 Å². The highest BCUT2D eigenvalue weighted by Crippen LogP contribution is 2.21. The van der Waals surface area contributed by atoms with Gasteiger partial charge < -0.3 is 5.32 Å².